The van der Waals surface area contributed by atoms with Crippen LogP contribution >= 0.6 is 0 Å². The van der Waals surface area contributed by atoms with Crippen molar-refractivity contribution < 1.29 is 14.2 Å². The van der Waals surface area contributed by atoms with Crippen LogP contribution in [0, 0.1) is 18.3 Å². The van der Waals surface area contributed by atoms with Gasteiger partial charge in [0.1, 0.15) is 11.6 Å². The van der Waals surface area contributed by atoms with Crippen LogP contribution in [0.4, 0.5) is 0 Å². The zero-order valence-corrected chi connectivity index (χ0v) is 11.5. The average molecular weight is 270 g/mol. The van der Waals surface area contributed by atoms with E-state index in [9.17, 15) is 5.26 Å². The van der Waals surface area contributed by atoms with Gasteiger partial charge in [-0.2, -0.15) is 5.26 Å². The molecule has 2 rings (SSSR count). The molecule has 1 heterocycles. The van der Waals surface area contributed by atoms with Gasteiger partial charge in [0.05, 0.1) is 14.2 Å². The van der Waals surface area contributed by atoms with Crippen LogP contribution in [0.25, 0.3) is 0 Å². The highest BCUT2D eigenvalue weighted by Gasteiger charge is 2.16. The number of para-hydroxylation sites is 1. The van der Waals surface area contributed by atoms with Gasteiger partial charge < -0.3 is 14.2 Å². The van der Waals surface area contributed by atoms with Crippen LogP contribution in [-0.2, 0) is 0 Å². The average Bonchev–Trinajstić information content (AvgIpc) is 2.47. The molecule has 0 bridgehead atoms. The molecule has 0 aliphatic rings. The maximum Gasteiger partial charge on any atom is 0.237 e. The molecule has 1 aromatic carbocycles. The van der Waals surface area contributed by atoms with E-state index in [4.69, 9.17) is 14.2 Å². The molecule has 0 radical (unpaired) electrons. The van der Waals surface area contributed by atoms with E-state index < -0.39 is 0 Å². The summed E-state index contributed by atoms with van der Waals surface area (Å²) in [5, 5.41) is 9.20. The van der Waals surface area contributed by atoms with Crippen molar-refractivity contribution in [1.82, 2.24) is 4.98 Å². The highest BCUT2D eigenvalue weighted by Crippen LogP contribution is 2.40. The van der Waals surface area contributed by atoms with Crippen molar-refractivity contribution in [2.75, 3.05) is 14.2 Å². The topological polar surface area (TPSA) is 64.4 Å². The SMILES string of the molecule is COc1cccc(OC)c1Oc1nccc(C)c1C#N. The number of methoxy groups -OCH3 is 2. The number of aromatic nitrogens is 1. The van der Waals surface area contributed by atoms with Gasteiger partial charge in [0.15, 0.2) is 11.5 Å². The van der Waals surface area contributed by atoms with Gasteiger partial charge in [-0.3, -0.25) is 0 Å². The number of ether oxygens (including phenoxy) is 3. The lowest BCUT2D eigenvalue weighted by atomic mass is 10.2. The van der Waals surface area contributed by atoms with E-state index in [1.54, 1.807) is 30.5 Å². The van der Waals surface area contributed by atoms with Gasteiger partial charge in [-0.25, -0.2) is 4.98 Å². The summed E-state index contributed by atoms with van der Waals surface area (Å²) in [6, 6.07) is 9.14. The summed E-state index contributed by atoms with van der Waals surface area (Å²) in [6.45, 7) is 1.83. The summed E-state index contributed by atoms with van der Waals surface area (Å²) in [5.41, 5.74) is 1.19. The molecule has 5 nitrogen and oxygen atoms in total. The molecule has 0 fully saturated rings. The largest absolute Gasteiger partial charge is 0.493 e. The molecule has 102 valence electrons. The summed E-state index contributed by atoms with van der Waals surface area (Å²) in [5.74, 6) is 1.65. The van der Waals surface area contributed by atoms with Crippen LogP contribution in [0.15, 0.2) is 30.5 Å². The van der Waals surface area contributed by atoms with E-state index in [1.165, 1.54) is 14.2 Å². The minimum atomic E-state index is 0.232. The van der Waals surface area contributed by atoms with Crippen molar-refractivity contribution in [3.05, 3.63) is 41.6 Å². The predicted octanol–water partition coefficient (Wildman–Crippen LogP) is 3.07. The standard InChI is InChI=1S/C15H14N2O3/c1-10-7-8-17-15(11(10)9-16)20-14-12(18-2)5-4-6-13(14)19-3/h4-8H,1-3H3. The number of nitrogens with zero attached hydrogens (tertiary/aromatic N) is 2. The third-order valence-corrected chi connectivity index (χ3v) is 2.82. The molecular weight excluding hydrogens is 256 g/mol. The van der Waals surface area contributed by atoms with E-state index in [0.29, 0.717) is 22.8 Å². The highest BCUT2D eigenvalue weighted by atomic mass is 16.5. The summed E-state index contributed by atoms with van der Waals surface area (Å²) in [6.07, 6.45) is 1.59. The van der Waals surface area contributed by atoms with Gasteiger partial charge in [0, 0.05) is 6.20 Å². The third kappa shape index (κ3) is 2.50. The van der Waals surface area contributed by atoms with Gasteiger partial charge in [0.2, 0.25) is 11.6 Å². The van der Waals surface area contributed by atoms with Gasteiger partial charge in [0.25, 0.3) is 0 Å². The number of pyridine rings is 1. The Balaban J connectivity index is 2.50. The van der Waals surface area contributed by atoms with Gasteiger partial charge >= 0.3 is 0 Å². The first kappa shape index (κ1) is 13.7. The van der Waals surface area contributed by atoms with Crippen LogP contribution < -0.4 is 14.2 Å². The van der Waals surface area contributed by atoms with Crippen molar-refractivity contribution in [2.24, 2.45) is 0 Å². The number of hydrogen-bond donors (Lipinski definition) is 0. The van der Waals surface area contributed by atoms with Crippen molar-refractivity contribution in [3.8, 4) is 29.2 Å². The van der Waals surface area contributed by atoms with Crippen LogP contribution in [-0.4, -0.2) is 19.2 Å². The highest BCUT2D eigenvalue weighted by molar-refractivity contribution is 5.54. The summed E-state index contributed by atoms with van der Waals surface area (Å²) < 4.78 is 16.2. The monoisotopic (exact) mass is 270 g/mol. The minimum Gasteiger partial charge on any atom is -0.493 e. The van der Waals surface area contributed by atoms with Crippen molar-refractivity contribution >= 4 is 0 Å². The lowest BCUT2D eigenvalue weighted by molar-refractivity contribution is 0.341. The van der Waals surface area contributed by atoms with Crippen LogP contribution in [0.3, 0.4) is 0 Å². The lowest BCUT2D eigenvalue weighted by Gasteiger charge is -2.14. The fraction of sp³-hybridized carbons (Fsp3) is 0.200. The second kappa shape index (κ2) is 5.93. The first-order chi connectivity index (χ1) is 9.71. The normalized spacial score (nSPS) is 9.70. The maximum atomic E-state index is 9.20. The smallest absolute Gasteiger partial charge is 0.237 e. The van der Waals surface area contributed by atoms with Crippen molar-refractivity contribution in [1.29, 1.82) is 5.26 Å². The zero-order chi connectivity index (χ0) is 14.5. The molecule has 20 heavy (non-hydrogen) atoms. The summed E-state index contributed by atoms with van der Waals surface area (Å²) in [4.78, 5) is 4.10. The minimum absolute atomic E-state index is 0.232. The number of nitriles is 1. The Bertz CT molecular complexity index is 640. The van der Waals surface area contributed by atoms with E-state index in [0.717, 1.165) is 5.56 Å². The second-order valence-electron chi connectivity index (χ2n) is 4.01. The van der Waals surface area contributed by atoms with Gasteiger partial charge in [-0.15, -0.1) is 0 Å². The number of aryl methyl sites for hydroxylation is 1. The fourth-order valence-electron chi connectivity index (χ4n) is 1.76. The molecule has 0 amide bonds. The summed E-state index contributed by atoms with van der Waals surface area (Å²) in [7, 11) is 3.08. The Labute approximate surface area is 117 Å². The van der Waals surface area contributed by atoms with Crippen molar-refractivity contribution in [2.45, 2.75) is 6.92 Å². The van der Waals surface area contributed by atoms with Crippen LogP contribution in [0.2, 0.25) is 0 Å². The van der Waals surface area contributed by atoms with E-state index >= 15 is 0 Å². The first-order valence-corrected chi connectivity index (χ1v) is 5.95. The molecular formula is C15H14N2O3. The Morgan fingerprint density at radius 2 is 1.75 bits per heavy atom. The molecule has 5 heteroatoms. The molecule has 0 aliphatic carbocycles. The number of benzene rings is 1. The predicted molar refractivity (Wildman–Crippen MR) is 73.3 cm³/mol. The quantitative estimate of drug-likeness (QED) is 0.854. The van der Waals surface area contributed by atoms with E-state index in [-0.39, 0.29) is 5.88 Å². The molecule has 0 atom stereocenters. The van der Waals surface area contributed by atoms with Gasteiger partial charge in [-0.05, 0) is 30.7 Å². The lowest BCUT2D eigenvalue weighted by Crippen LogP contribution is -1.98. The van der Waals surface area contributed by atoms with E-state index in [2.05, 4.69) is 11.1 Å². The molecule has 0 spiro atoms. The second-order valence-corrected chi connectivity index (χ2v) is 4.01. The number of rotatable bonds is 4. The molecule has 1 aromatic heterocycles. The molecule has 0 unspecified atom stereocenters. The Morgan fingerprint density at radius 3 is 2.30 bits per heavy atom. The molecule has 0 saturated heterocycles. The molecule has 0 aliphatic heterocycles. The Morgan fingerprint density at radius 1 is 1.10 bits per heavy atom. The number of hydrogen-bond acceptors (Lipinski definition) is 5. The molecule has 0 N–H and O–H groups in total. The zero-order valence-electron chi connectivity index (χ0n) is 11.5. The van der Waals surface area contributed by atoms with Crippen molar-refractivity contribution in [3.63, 3.8) is 0 Å². The molecule has 2 aromatic rings. The Hall–Kier alpha value is -2.74. The third-order valence-electron chi connectivity index (χ3n) is 2.82. The van der Waals surface area contributed by atoms with Gasteiger partial charge in [-0.1, -0.05) is 6.07 Å². The first-order valence-electron chi connectivity index (χ1n) is 5.95. The molecule has 0 saturated carbocycles. The Kier molecular flexibility index (Phi) is 4.06. The van der Waals surface area contributed by atoms with E-state index in [1.807, 2.05) is 6.92 Å². The fourth-order valence-corrected chi connectivity index (χ4v) is 1.76. The van der Waals surface area contributed by atoms with Crippen LogP contribution in [0.5, 0.6) is 23.1 Å². The maximum absolute atomic E-state index is 9.20. The summed E-state index contributed by atoms with van der Waals surface area (Å²) >= 11 is 0. The van der Waals surface area contributed by atoms with Crippen LogP contribution in [0.1, 0.15) is 11.1 Å².